The van der Waals surface area contributed by atoms with Crippen molar-refractivity contribution in [2.45, 2.75) is 33.6 Å². The van der Waals surface area contributed by atoms with Gasteiger partial charge in [0.25, 0.3) is 0 Å². The average molecular weight is 490 g/mol. The Bertz CT molecular complexity index is 1630. The summed E-state index contributed by atoms with van der Waals surface area (Å²) in [5.41, 5.74) is 7.48. The normalized spacial score (nSPS) is 11.9. The Morgan fingerprint density at radius 1 is 0.946 bits per heavy atom. The van der Waals surface area contributed by atoms with Crippen LogP contribution in [-0.4, -0.2) is 13.0 Å². The standard InChI is InChI=1S/C33H31NO3/c1-20(2)23-13-15-25(16-14-23)34-31(35)17-21(3)28-18-29-30(19-37-33(29)22(4)32(28)36-5)27-12-8-10-24-9-6-7-11-26(24)27/h6-20H,1-5H3,(H,34,35)/b21-17+. The number of hydrogen-bond donors (Lipinski definition) is 1. The number of allylic oxidation sites excluding steroid dienone is 1. The summed E-state index contributed by atoms with van der Waals surface area (Å²) in [6.07, 6.45) is 3.44. The van der Waals surface area contributed by atoms with Gasteiger partial charge in [0, 0.05) is 33.8 Å². The number of aryl methyl sites for hydroxylation is 1. The third-order valence-corrected chi connectivity index (χ3v) is 6.95. The van der Waals surface area contributed by atoms with Crippen LogP contribution in [0.4, 0.5) is 5.69 Å². The summed E-state index contributed by atoms with van der Waals surface area (Å²) in [4.78, 5) is 12.9. The molecule has 0 atom stereocenters. The molecule has 5 aromatic rings. The number of benzene rings is 4. The van der Waals surface area contributed by atoms with E-state index in [-0.39, 0.29) is 5.91 Å². The van der Waals surface area contributed by atoms with Gasteiger partial charge in [0.05, 0.1) is 13.4 Å². The molecule has 37 heavy (non-hydrogen) atoms. The molecule has 0 bridgehead atoms. The van der Waals surface area contributed by atoms with E-state index >= 15 is 0 Å². The summed E-state index contributed by atoms with van der Waals surface area (Å²) in [6.45, 7) is 8.22. The number of fused-ring (bicyclic) bond motifs is 2. The number of hydrogen-bond acceptors (Lipinski definition) is 3. The molecule has 4 aromatic carbocycles. The van der Waals surface area contributed by atoms with Gasteiger partial charge in [0.15, 0.2) is 0 Å². The number of rotatable bonds is 6. The van der Waals surface area contributed by atoms with Gasteiger partial charge >= 0.3 is 0 Å². The van der Waals surface area contributed by atoms with Gasteiger partial charge in [-0.3, -0.25) is 4.79 Å². The predicted molar refractivity (Wildman–Crippen MR) is 153 cm³/mol. The van der Waals surface area contributed by atoms with Crippen LogP contribution in [0.25, 0.3) is 38.4 Å². The van der Waals surface area contributed by atoms with E-state index in [0.717, 1.165) is 49.9 Å². The molecule has 0 spiro atoms. The molecule has 0 fully saturated rings. The molecule has 1 N–H and O–H groups in total. The summed E-state index contributed by atoms with van der Waals surface area (Å²) >= 11 is 0. The van der Waals surface area contributed by atoms with Gasteiger partial charge in [-0.2, -0.15) is 0 Å². The average Bonchev–Trinajstić information content (AvgIpc) is 3.32. The predicted octanol–water partition coefficient (Wildman–Crippen LogP) is 8.74. The van der Waals surface area contributed by atoms with Crippen LogP contribution >= 0.6 is 0 Å². The zero-order valence-corrected chi connectivity index (χ0v) is 21.9. The quantitative estimate of drug-likeness (QED) is 0.243. The minimum Gasteiger partial charge on any atom is -0.496 e. The Morgan fingerprint density at radius 3 is 2.41 bits per heavy atom. The first kappa shape index (κ1) is 24.4. The molecule has 5 rings (SSSR count). The molecule has 4 heteroatoms. The molecule has 0 unspecified atom stereocenters. The van der Waals surface area contributed by atoms with Crippen molar-refractivity contribution >= 4 is 38.9 Å². The summed E-state index contributed by atoms with van der Waals surface area (Å²) in [7, 11) is 1.65. The van der Waals surface area contributed by atoms with Crippen LogP contribution in [0, 0.1) is 6.92 Å². The fraction of sp³-hybridized carbons (Fsp3) is 0.182. The number of carbonyl (C=O) groups is 1. The molecular formula is C33H31NO3. The van der Waals surface area contributed by atoms with Crippen LogP contribution in [0.5, 0.6) is 5.75 Å². The molecule has 0 saturated carbocycles. The van der Waals surface area contributed by atoms with Gasteiger partial charge in [-0.05, 0) is 65.4 Å². The van der Waals surface area contributed by atoms with E-state index in [9.17, 15) is 4.79 Å². The largest absolute Gasteiger partial charge is 0.496 e. The summed E-state index contributed by atoms with van der Waals surface area (Å²) < 4.78 is 11.9. The third-order valence-electron chi connectivity index (χ3n) is 6.95. The molecule has 1 amide bonds. The van der Waals surface area contributed by atoms with E-state index in [1.165, 1.54) is 10.9 Å². The molecule has 0 aliphatic heterocycles. The Hall–Kier alpha value is -4.31. The second-order valence-corrected chi connectivity index (χ2v) is 9.73. The zero-order valence-electron chi connectivity index (χ0n) is 21.9. The smallest absolute Gasteiger partial charge is 0.248 e. The molecule has 4 nitrogen and oxygen atoms in total. The van der Waals surface area contributed by atoms with Crippen molar-refractivity contribution < 1.29 is 13.9 Å². The van der Waals surface area contributed by atoms with E-state index in [1.807, 2.05) is 50.4 Å². The number of ether oxygens (including phenoxy) is 1. The highest BCUT2D eigenvalue weighted by molar-refractivity contribution is 6.08. The summed E-state index contributed by atoms with van der Waals surface area (Å²) in [5.74, 6) is 0.962. The van der Waals surface area contributed by atoms with Gasteiger partial charge in [-0.1, -0.05) is 68.4 Å². The Kier molecular flexibility index (Phi) is 6.58. The van der Waals surface area contributed by atoms with Crippen molar-refractivity contribution in [3.05, 3.63) is 102 Å². The lowest BCUT2D eigenvalue weighted by Gasteiger charge is -2.14. The maximum absolute atomic E-state index is 12.9. The lowest BCUT2D eigenvalue weighted by molar-refractivity contribution is -0.111. The lowest BCUT2D eigenvalue weighted by atomic mass is 9.94. The van der Waals surface area contributed by atoms with Gasteiger partial charge in [-0.25, -0.2) is 0 Å². The minimum absolute atomic E-state index is 0.184. The summed E-state index contributed by atoms with van der Waals surface area (Å²) in [5, 5.41) is 6.30. The number of carbonyl (C=O) groups excluding carboxylic acids is 1. The second-order valence-electron chi connectivity index (χ2n) is 9.73. The monoisotopic (exact) mass is 489 g/mol. The molecule has 1 aromatic heterocycles. The van der Waals surface area contributed by atoms with Gasteiger partial charge in [0.2, 0.25) is 5.91 Å². The van der Waals surface area contributed by atoms with Crippen molar-refractivity contribution in [1.29, 1.82) is 0 Å². The molecule has 0 radical (unpaired) electrons. The van der Waals surface area contributed by atoms with Gasteiger partial charge in [0.1, 0.15) is 11.3 Å². The topological polar surface area (TPSA) is 51.5 Å². The number of methoxy groups -OCH3 is 1. The van der Waals surface area contributed by atoms with Crippen molar-refractivity contribution in [3.8, 4) is 16.9 Å². The SMILES string of the molecule is COc1c(/C(C)=C/C(=O)Nc2ccc(C(C)C)cc2)cc2c(-c3cccc4ccccc34)coc2c1C. The molecule has 1 heterocycles. The highest BCUT2D eigenvalue weighted by Gasteiger charge is 2.19. The van der Waals surface area contributed by atoms with Crippen molar-refractivity contribution in [2.75, 3.05) is 12.4 Å². The van der Waals surface area contributed by atoms with Gasteiger partial charge < -0.3 is 14.5 Å². The number of furan rings is 1. The van der Waals surface area contributed by atoms with Crippen LogP contribution in [0.15, 0.2) is 89.6 Å². The molecular weight excluding hydrogens is 458 g/mol. The molecule has 186 valence electrons. The van der Waals surface area contributed by atoms with Crippen LogP contribution in [-0.2, 0) is 4.79 Å². The van der Waals surface area contributed by atoms with E-state index in [0.29, 0.717) is 11.7 Å². The first-order valence-corrected chi connectivity index (χ1v) is 12.5. The minimum atomic E-state index is -0.184. The van der Waals surface area contributed by atoms with Crippen LogP contribution in [0.3, 0.4) is 0 Å². The van der Waals surface area contributed by atoms with Crippen LogP contribution in [0.1, 0.15) is 43.4 Å². The second kappa shape index (κ2) is 9.98. The molecule has 0 aliphatic carbocycles. The van der Waals surface area contributed by atoms with E-state index < -0.39 is 0 Å². The van der Waals surface area contributed by atoms with Crippen LogP contribution in [0.2, 0.25) is 0 Å². The van der Waals surface area contributed by atoms with Crippen molar-refractivity contribution in [3.63, 3.8) is 0 Å². The fourth-order valence-electron chi connectivity index (χ4n) is 4.94. The van der Waals surface area contributed by atoms with E-state index in [4.69, 9.17) is 9.15 Å². The van der Waals surface area contributed by atoms with Crippen molar-refractivity contribution in [2.24, 2.45) is 0 Å². The number of amides is 1. The zero-order chi connectivity index (χ0) is 26.1. The van der Waals surface area contributed by atoms with E-state index in [1.54, 1.807) is 13.2 Å². The molecule has 0 aliphatic rings. The lowest BCUT2D eigenvalue weighted by Crippen LogP contribution is -2.09. The Morgan fingerprint density at radius 2 is 1.68 bits per heavy atom. The molecule has 0 saturated heterocycles. The fourth-order valence-corrected chi connectivity index (χ4v) is 4.94. The third kappa shape index (κ3) is 4.63. The van der Waals surface area contributed by atoms with Crippen LogP contribution < -0.4 is 10.1 Å². The maximum atomic E-state index is 12.9. The first-order valence-electron chi connectivity index (χ1n) is 12.5. The highest BCUT2D eigenvalue weighted by atomic mass is 16.5. The van der Waals surface area contributed by atoms with E-state index in [2.05, 4.69) is 61.6 Å². The Balaban J connectivity index is 1.55. The van der Waals surface area contributed by atoms with Crippen molar-refractivity contribution in [1.82, 2.24) is 0 Å². The highest BCUT2D eigenvalue weighted by Crippen LogP contribution is 2.42. The Labute approximate surface area is 217 Å². The summed E-state index contributed by atoms with van der Waals surface area (Å²) in [6, 6.07) is 24.7. The number of anilines is 1. The number of nitrogens with one attached hydrogen (secondary N) is 1. The van der Waals surface area contributed by atoms with Gasteiger partial charge in [-0.15, -0.1) is 0 Å². The first-order chi connectivity index (χ1) is 17.9. The maximum Gasteiger partial charge on any atom is 0.248 e.